The monoisotopic (exact) mass is 432 g/mol. The molecule has 0 aromatic carbocycles. The third-order valence-electron chi connectivity index (χ3n) is 4.33. The molecule has 23 heavy (non-hydrogen) atoms. The van der Waals surface area contributed by atoms with Gasteiger partial charge in [-0.25, -0.2) is 0 Å². The molecule has 6 nitrogen and oxygen atoms in total. The third kappa shape index (κ3) is 4.39. The van der Waals surface area contributed by atoms with Crippen LogP contribution in [0.2, 0.25) is 0 Å². The molecule has 1 aliphatic carbocycles. The third-order valence-corrected chi connectivity index (χ3v) is 4.33. The van der Waals surface area contributed by atoms with E-state index in [1.54, 1.807) is 12.1 Å². The molecule has 1 N–H and O–H groups in total. The van der Waals surface area contributed by atoms with E-state index in [1.165, 1.54) is 12.7 Å². The number of nitrogens with one attached hydrogen (secondary N) is 1. The van der Waals surface area contributed by atoms with Gasteiger partial charge in [-0.15, -0.1) is 24.0 Å². The number of piperazine rings is 1. The summed E-state index contributed by atoms with van der Waals surface area (Å²) < 4.78 is 5.19. The quantitative estimate of drug-likeness (QED) is 0.451. The summed E-state index contributed by atoms with van der Waals surface area (Å²) in [6.07, 6.45) is 2.76. The fraction of sp³-hybridized carbons (Fsp3) is 0.625. The smallest absolute Gasteiger partial charge is 0.289 e. The first-order chi connectivity index (χ1) is 10.7. The molecule has 1 aliphatic heterocycles. The molecular formula is C16H25IN4O2. The highest BCUT2D eigenvalue weighted by Crippen LogP contribution is 2.29. The Labute approximate surface area is 154 Å². The molecule has 2 unspecified atom stereocenters. The molecule has 7 heteroatoms. The minimum Gasteiger partial charge on any atom is -0.459 e. The average molecular weight is 432 g/mol. The Morgan fingerprint density at radius 2 is 2.00 bits per heavy atom. The Bertz CT molecular complexity index is 538. The molecule has 0 spiro atoms. The van der Waals surface area contributed by atoms with Gasteiger partial charge in [-0.3, -0.25) is 9.79 Å². The number of nitrogens with zero attached hydrogens (tertiary/aromatic N) is 3. The Hall–Kier alpha value is -1.25. The van der Waals surface area contributed by atoms with E-state index in [-0.39, 0.29) is 29.9 Å². The van der Waals surface area contributed by atoms with Crippen LogP contribution in [0.3, 0.4) is 0 Å². The van der Waals surface area contributed by atoms with E-state index in [4.69, 9.17) is 4.42 Å². The molecule has 2 heterocycles. The molecule has 2 aliphatic rings. The maximum absolute atomic E-state index is 12.3. The van der Waals surface area contributed by atoms with Crippen molar-refractivity contribution >= 4 is 35.8 Å². The molecule has 128 valence electrons. The van der Waals surface area contributed by atoms with Crippen LogP contribution >= 0.6 is 24.0 Å². The number of aliphatic imine (C=N–C) groups is 1. The molecule has 1 aromatic heterocycles. The van der Waals surface area contributed by atoms with Crippen molar-refractivity contribution in [1.29, 1.82) is 0 Å². The number of guanidine groups is 1. The Morgan fingerprint density at radius 3 is 2.52 bits per heavy atom. The van der Waals surface area contributed by atoms with Crippen molar-refractivity contribution < 1.29 is 9.21 Å². The van der Waals surface area contributed by atoms with Gasteiger partial charge in [0.2, 0.25) is 0 Å². The van der Waals surface area contributed by atoms with E-state index in [0.717, 1.165) is 31.5 Å². The maximum atomic E-state index is 12.3. The summed E-state index contributed by atoms with van der Waals surface area (Å²) >= 11 is 0. The fourth-order valence-corrected chi connectivity index (χ4v) is 2.75. The number of carbonyl (C=O) groups excluding carboxylic acids is 1. The lowest BCUT2D eigenvalue weighted by molar-refractivity contribution is 0.0657. The number of hydrogen-bond acceptors (Lipinski definition) is 3. The zero-order chi connectivity index (χ0) is 15.5. The van der Waals surface area contributed by atoms with Crippen LogP contribution in [0.25, 0.3) is 0 Å². The van der Waals surface area contributed by atoms with Gasteiger partial charge in [0.05, 0.1) is 6.26 Å². The number of rotatable bonds is 3. The van der Waals surface area contributed by atoms with Crippen molar-refractivity contribution in [3.8, 4) is 0 Å². The van der Waals surface area contributed by atoms with Crippen LogP contribution in [0, 0.1) is 5.92 Å². The lowest BCUT2D eigenvalue weighted by Gasteiger charge is -2.36. The molecule has 1 aromatic rings. The summed E-state index contributed by atoms with van der Waals surface area (Å²) in [5, 5.41) is 3.54. The Kier molecular flexibility index (Phi) is 6.32. The van der Waals surface area contributed by atoms with E-state index in [9.17, 15) is 4.79 Å². The second-order valence-corrected chi connectivity index (χ2v) is 6.02. The van der Waals surface area contributed by atoms with Gasteiger partial charge in [0.15, 0.2) is 11.7 Å². The van der Waals surface area contributed by atoms with E-state index in [0.29, 0.717) is 24.9 Å². The predicted molar refractivity (Wildman–Crippen MR) is 100 cm³/mol. The lowest BCUT2D eigenvalue weighted by atomic mass is 10.3. The average Bonchev–Trinajstić information content (AvgIpc) is 3.02. The molecular weight excluding hydrogens is 407 g/mol. The van der Waals surface area contributed by atoms with Crippen molar-refractivity contribution in [1.82, 2.24) is 15.1 Å². The molecule has 0 radical (unpaired) electrons. The van der Waals surface area contributed by atoms with Crippen molar-refractivity contribution in [3.05, 3.63) is 24.2 Å². The number of furan rings is 1. The summed E-state index contributed by atoms with van der Waals surface area (Å²) in [6.45, 7) is 8.08. The SMILES string of the molecule is CCN=C(NC1CC1C)N1CCN(C(=O)c2ccco2)CC1.I. The van der Waals surface area contributed by atoms with Gasteiger partial charge >= 0.3 is 0 Å². The Balaban J connectivity index is 0.00000192. The van der Waals surface area contributed by atoms with Crippen molar-refractivity contribution in [3.63, 3.8) is 0 Å². The second kappa shape index (κ2) is 8.03. The first-order valence-electron chi connectivity index (χ1n) is 8.07. The highest BCUT2D eigenvalue weighted by atomic mass is 127. The predicted octanol–water partition coefficient (Wildman–Crippen LogP) is 2.03. The molecule has 3 rings (SSSR count). The summed E-state index contributed by atoms with van der Waals surface area (Å²) in [7, 11) is 0. The summed E-state index contributed by atoms with van der Waals surface area (Å²) in [5.41, 5.74) is 0. The van der Waals surface area contributed by atoms with Gasteiger partial charge in [0.25, 0.3) is 5.91 Å². The highest BCUT2D eigenvalue weighted by Gasteiger charge is 2.35. The first-order valence-corrected chi connectivity index (χ1v) is 8.07. The lowest BCUT2D eigenvalue weighted by Crippen LogP contribution is -2.54. The van der Waals surface area contributed by atoms with Gasteiger partial charge in [0.1, 0.15) is 0 Å². The van der Waals surface area contributed by atoms with Crippen LogP contribution in [0.5, 0.6) is 0 Å². The number of carbonyl (C=O) groups is 1. The largest absolute Gasteiger partial charge is 0.459 e. The van der Waals surface area contributed by atoms with Crippen LogP contribution in [-0.4, -0.2) is 60.4 Å². The first kappa shape index (κ1) is 18.1. The zero-order valence-electron chi connectivity index (χ0n) is 13.7. The van der Waals surface area contributed by atoms with Crippen molar-refractivity contribution in [2.45, 2.75) is 26.3 Å². The highest BCUT2D eigenvalue weighted by molar-refractivity contribution is 14.0. The van der Waals surface area contributed by atoms with Gasteiger partial charge in [-0.05, 0) is 31.4 Å². The van der Waals surface area contributed by atoms with E-state index >= 15 is 0 Å². The topological polar surface area (TPSA) is 61.1 Å². The summed E-state index contributed by atoms with van der Waals surface area (Å²) in [5.74, 6) is 2.12. The van der Waals surface area contributed by atoms with Crippen LogP contribution in [0.15, 0.2) is 27.8 Å². The minimum atomic E-state index is -0.0256. The maximum Gasteiger partial charge on any atom is 0.289 e. The van der Waals surface area contributed by atoms with Crippen LogP contribution in [0.4, 0.5) is 0 Å². The molecule has 2 fully saturated rings. The minimum absolute atomic E-state index is 0. The van der Waals surface area contributed by atoms with Crippen LogP contribution < -0.4 is 5.32 Å². The molecule has 0 bridgehead atoms. The van der Waals surface area contributed by atoms with Gasteiger partial charge in [-0.2, -0.15) is 0 Å². The normalized spacial score (nSPS) is 24.2. The second-order valence-electron chi connectivity index (χ2n) is 6.02. The van der Waals surface area contributed by atoms with Gasteiger partial charge in [0, 0.05) is 38.8 Å². The van der Waals surface area contributed by atoms with Gasteiger partial charge in [-0.1, -0.05) is 6.92 Å². The van der Waals surface area contributed by atoms with Crippen LogP contribution in [-0.2, 0) is 0 Å². The molecule has 2 atom stereocenters. The van der Waals surface area contributed by atoms with E-state index in [2.05, 4.69) is 29.1 Å². The van der Waals surface area contributed by atoms with Crippen molar-refractivity contribution in [2.75, 3.05) is 32.7 Å². The standard InChI is InChI=1S/C16H24N4O2.HI/c1-3-17-16(18-13-11-12(13)2)20-8-6-19(7-9-20)15(21)14-5-4-10-22-14;/h4-5,10,12-13H,3,6-9,11H2,1-2H3,(H,17,18);1H. The number of amides is 1. The summed E-state index contributed by atoms with van der Waals surface area (Å²) in [6, 6.07) is 4.03. The Morgan fingerprint density at radius 1 is 1.35 bits per heavy atom. The summed E-state index contributed by atoms with van der Waals surface area (Å²) in [4.78, 5) is 20.9. The van der Waals surface area contributed by atoms with E-state index in [1.807, 2.05) is 4.90 Å². The molecule has 1 saturated carbocycles. The number of halogens is 1. The number of hydrogen-bond donors (Lipinski definition) is 1. The molecule has 1 amide bonds. The van der Waals surface area contributed by atoms with Gasteiger partial charge < -0.3 is 19.5 Å². The van der Waals surface area contributed by atoms with E-state index < -0.39 is 0 Å². The fourth-order valence-electron chi connectivity index (χ4n) is 2.75. The van der Waals surface area contributed by atoms with Crippen LogP contribution in [0.1, 0.15) is 30.8 Å². The zero-order valence-corrected chi connectivity index (χ0v) is 16.0. The van der Waals surface area contributed by atoms with Crippen molar-refractivity contribution in [2.24, 2.45) is 10.9 Å². The molecule has 1 saturated heterocycles.